The van der Waals surface area contributed by atoms with Crippen molar-refractivity contribution in [1.82, 2.24) is 14.7 Å². The molecule has 4 rings (SSSR count). The van der Waals surface area contributed by atoms with E-state index in [9.17, 15) is 9.59 Å². The number of thiophene rings is 1. The molecule has 0 N–H and O–H groups in total. The van der Waals surface area contributed by atoms with Crippen LogP contribution in [0.2, 0.25) is 4.34 Å². The second kappa shape index (κ2) is 6.65. The van der Waals surface area contributed by atoms with Crippen molar-refractivity contribution in [3.05, 3.63) is 21.3 Å². The van der Waals surface area contributed by atoms with Crippen molar-refractivity contribution in [2.75, 3.05) is 19.6 Å². The predicted molar refractivity (Wildman–Crippen MR) is 94.2 cm³/mol. The molecule has 3 heterocycles. The van der Waals surface area contributed by atoms with Gasteiger partial charge in [0.25, 0.3) is 5.91 Å². The van der Waals surface area contributed by atoms with E-state index in [1.54, 1.807) is 21.1 Å². The van der Waals surface area contributed by atoms with Crippen molar-refractivity contribution in [3.8, 4) is 0 Å². The molecule has 1 aromatic rings. The van der Waals surface area contributed by atoms with Crippen LogP contribution in [0.4, 0.5) is 4.79 Å². The highest BCUT2D eigenvalue weighted by Crippen LogP contribution is 2.31. The Morgan fingerprint density at radius 3 is 2.62 bits per heavy atom. The van der Waals surface area contributed by atoms with Gasteiger partial charge in [-0.05, 0) is 25.0 Å². The van der Waals surface area contributed by atoms with Crippen LogP contribution in [0.3, 0.4) is 0 Å². The summed E-state index contributed by atoms with van der Waals surface area (Å²) in [5.74, 6) is 0.0146. The van der Waals surface area contributed by atoms with E-state index in [0.29, 0.717) is 13.1 Å². The Hall–Kier alpha value is -1.11. The summed E-state index contributed by atoms with van der Waals surface area (Å²) in [5.41, 5.74) is 0. The van der Waals surface area contributed by atoms with Crippen molar-refractivity contribution >= 4 is 34.9 Å². The molecule has 2 saturated heterocycles. The van der Waals surface area contributed by atoms with E-state index >= 15 is 0 Å². The lowest BCUT2D eigenvalue weighted by Crippen LogP contribution is -2.52. The van der Waals surface area contributed by atoms with E-state index in [1.807, 2.05) is 12.1 Å². The van der Waals surface area contributed by atoms with Crippen LogP contribution >= 0.6 is 22.9 Å². The van der Waals surface area contributed by atoms with Crippen molar-refractivity contribution < 1.29 is 9.59 Å². The zero-order valence-electron chi connectivity index (χ0n) is 13.6. The minimum atomic E-state index is -0.302. The quantitative estimate of drug-likeness (QED) is 0.771. The standard InChI is InChI=1S/C17H22ClN3O2S/c18-15-7-6-13(24-15)10-19-8-9-20-14(11-19)16(22)21(17(20)23)12-4-2-1-3-5-12/h6-7,12,14H,1-5,8-11H2. The van der Waals surface area contributed by atoms with Crippen LogP contribution in [0.15, 0.2) is 12.1 Å². The SMILES string of the molecule is O=C1C2CN(Cc3ccc(Cl)s3)CCN2C(=O)N1C1CCCCC1. The number of fused-ring (bicyclic) bond motifs is 1. The molecule has 24 heavy (non-hydrogen) atoms. The second-order valence-corrected chi connectivity index (χ2v) is 8.73. The number of nitrogens with zero attached hydrogens (tertiary/aromatic N) is 3. The molecule has 0 aromatic carbocycles. The largest absolute Gasteiger partial charge is 0.327 e. The fourth-order valence-corrected chi connectivity index (χ4v) is 5.28. The maximum absolute atomic E-state index is 12.9. The van der Waals surface area contributed by atoms with Gasteiger partial charge < -0.3 is 4.90 Å². The van der Waals surface area contributed by atoms with E-state index in [1.165, 1.54) is 11.3 Å². The minimum Gasteiger partial charge on any atom is -0.310 e. The summed E-state index contributed by atoms with van der Waals surface area (Å²) in [5, 5.41) is 0. The molecule has 0 spiro atoms. The molecule has 3 amide bonds. The molecule has 3 fully saturated rings. The monoisotopic (exact) mass is 367 g/mol. The Morgan fingerprint density at radius 2 is 1.92 bits per heavy atom. The average Bonchev–Trinajstić information content (AvgIpc) is 3.10. The first kappa shape index (κ1) is 16.4. The third-order valence-corrected chi connectivity index (χ3v) is 6.60. The summed E-state index contributed by atoms with van der Waals surface area (Å²) in [6.07, 6.45) is 5.40. The van der Waals surface area contributed by atoms with Crippen LogP contribution in [0.1, 0.15) is 37.0 Å². The van der Waals surface area contributed by atoms with Crippen LogP contribution in [0, 0.1) is 0 Å². The summed E-state index contributed by atoms with van der Waals surface area (Å²) in [6, 6.07) is 3.70. The topological polar surface area (TPSA) is 43.9 Å². The number of halogens is 1. The Morgan fingerprint density at radius 1 is 1.12 bits per heavy atom. The average molecular weight is 368 g/mol. The molecule has 7 heteroatoms. The maximum atomic E-state index is 12.9. The summed E-state index contributed by atoms with van der Waals surface area (Å²) >= 11 is 7.58. The first-order valence-corrected chi connectivity index (χ1v) is 9.93. The highest BCUT2D eigenvalue weighted by molar-refractivity contribution is 7.16. The fraction of sp³-hybridized carbons (Fsp3) is 0.647. The number of carbonyl (C=O) groups excluding carboxylic acids is 2. The Kier molecular flexibility index (Phi) is 4.54. The number of imide groups is 1. The van der Waals surface area contributed by atoms with Gasteiger partial charge in [0, 0.05) is 37.1 Å². The molecule has 1 saturated carbocycles. The molecule has 1 aliphatic carbocycles. The molecule has 2 aliphatic heterocycles. The smallest absolute Gasteiger partial charge is 0.310 e. The minimum absolute atomic E-state index is 0.0146. The second-order valence-electron chi connectivity index (χ2n) is 6.93. The van der Waals surface area contributed by atoms with Crippen molar-refractivity contribution in [2.24, 2.45) is 0 Å². The third-order valence-electron chi connectivity index (χ3n) is 5.39. The highest BCUT2D eigenvalue weighted by Gasteiger charge is 2.49. The summed E-state index contributed by atoms with van der Waals surface area (Å²) in [4.78, 5) is 32.4. The van der Waals surface area contributed by atoms with Crippen molar-refractivity contribution in [1.29, 1.82) is 0 Å². The van der Waals surface area contributed by atoms with Crippen LogP contribution in [0.25, 0.3) is 0 Å². The molecular formula is C17H22ClN3O2S. The first-order chi connectivity index (χ1) is 11.6. The van der Waals surface area contributed by atoms with Gasteiger partial charge in [-0.15, -0.1) is 11.3 Å². The third kappa shape index (κ3) is 2.95. The number of amides is 3. The molecule has 0 radical (unpaired) electrons. The number of urea groups is 1. The molecule has 130 valence electrons. The fourth-order valence-electron chi connectivity index (χ4n) is 4.15. The predicted octanol–water partition coefficient (Wildman–Crippen LogP) is 3.18. The number of rotatable bonds is 3. The summed E-state index contributed by atoms with van der Waals surface area (Å²) < 4.78 is 0.791. The van der Waals surface area contributed by atoms with Crippen LogP contribution in [-0.2, 0) is 11.3 Å². The van der Waals surface area contributed by atoms with Gasteiger partial charge in [0.05, 0.1) is 4.34 Å². The zero-order valence-corrected chi connectivity index (χ0v) is 15.2. The van der Waals surface area contributed by atoms with Gasteiger partial charge in [0.2, 0.25) is 0 Å². The number of hydrogen-bond acceptors (Lipinski definition) is 4. The molecule has 5 nitrogen and oxygen atoms in total. The van der Waals surface area contributed by atoms with Gasteiger partial charge in [0.15, 0.2) is 0 Å². The van der Waals surface area contributed by atoms with E-state index in [2.05, 4.69) is 4.90 Å². The van der Waals surface area contributed by atoms with Gasteiger partial charge >= 0.3 is 6.03 Å². The lowest BCUT2D eigenvalue weighted by molar-refractivity contribution is -0.131. The van der Waals surface area contributed by atoms with Crippen LogP contribution in [-0.4, -0.2) is 58.4 Å². The van der Waals surface area contributed by atoms with Gasteiger partial charge in [0.1, 0.15) is 6.04 Å². The first-order valence-electron chi connectivity index (χ1n) is 8.74. The van der Waals surface area contributed by atoms with E-state index in [4.69, 9.17) is 11.6 Å². The number of hydrogen-bond donors (Lipinski definition) is 0. The van der Waals surface area contributed by atoms with Gasteiger partial charge in [-0.2, -0.15) is 0 Å². The molecule has 1 aromatic heterocycles. The summed E-state index contributed by atoms with van der Waals surface area (Å²) in [7, 11) is 0. The molecular weight excluding hydrogens is 346 g/mol. The maximum Gasteiger partial charge on any atom is 0.327 e. The van der Waals surface area contributed by atoms with E-state index < -0.39 is 0 Å². The Balaban J connectivity index is 1.45. The Bertz CT molecular complexity index is 644. The molecule has 1 atom stereocenters. The molecule has 0 bridgehead atoms. The lowest BCUT2D eigenvalue weighted by atomic mass is 9.94. The van der Waals surface area contributed by atoms with E-state index in [-0.39, 0.29) is 24.0 Å². The van der Waals surface area contributed by atoms with Gasteiger partial charge in [-0.1, -0.05) is 30.9 Å². The normalized spacial score (nSPS) is 26.3. The van der Waals surface area contributed by atoms with Gasteiger partial charge in [-0.3, -0.25) is 14.6 Å². The number of carbonyl (C=O) groups is 2. The van der Waals surface area contributed by atoms with Crippen molar-refractivity contribution in [3.63, 3.8) is 0 Å². The van der Waals surface area contributed by atoms with Crippen LogP contribution < -0.4 is 0 Å². The molecule has 1 unspecified atom stereocenters. The van der Waals surface area contributed by atoms with Gasteiger partial charge in [-0.25, -0.2) is 4.79 Å². The van der Waals surface area contributed by atoms with Crippen molar-refractivity contribution in [2.45, 2.75) is 50.7 Å². The Labute approximate surface area is 151 Å². The molecule has 3 aliphatic rings. The highest BCUT2D eigenvalue weighted by atomic mass is 35.5. The summed E-state index contributed by atoms with van der Waals surface area (Å²) in [6.45, 7) is 2.87. The van der Waals surface area contributed by atoms with E-state index in [0.717, 1.165) is 43.1 Å². The lowest BCUT2D eigenvalue weighted by Gasteiger charge is -2.35. The number of piperazine rings is 1. The zero-order chi connectivity index (χ0) is 16.7. The van der Waals surface area contributed by atoms with Crippen LogP contribution in [0.5, 0.6) is 0 Å².